The molecular weight excluding hydrogens is 492 g/mol. The second-order valence-electron chi connectivity index (χ2n) is 6.94. The van der Waals surface area contributed by atoms with Crippen molar-refractivity contribution in [3.8, 4) is 0 Å². The van der Waals surface area contributed by atoms with E-state index in [0.29, 0.717) is 12.8 Å². The molecule has 7 nitrogen and oxygen atoms in total. The van der Waals surface area contributed by atoms with Crippen LogP contribution in [-0.4, -0.2) is 9.97 Å². The Morgan fingerprint density at radius 1 is 0.906 bits per heavy atom. The van der Waals surface area contributed by atoms with E-state index < -0.39 is 27.0 Å². The number of hydrogen-bond donors (Lipinski definition) is 0. The van der Waals surface area contributed by atoms with E-state index in [4.69, 9.17) is 0 Å². The number of rotatable bonds is 9. The first-order valence-corrected chi connectivity index (χ1v) is 12.1. The summed E-state index contributed by atoms with van der Waals surface area (Å²) in [6, 6.07) is 10.2. The van der Waals surface area contributed by atoms with Crippen molar-refractivity contribution in [2.45, 2.75) is 45.1 Å². The zero-order valence-electron chi connectivity index (χ0n) is 19.8. The molecule has 0 saturated carbocycles. The van der Waals surface area contributed by atoms with Gasteiger partial charge in [0.2, 0.25) is 0 Å². The van der Waals surface area contributed by atoms with Crippen LogP contribution in [0.5, 0.6) is 0 Å². The molecule has 0 fully saturated rings. The molecule has 0 amide bonds. The second-order valence-corrected chi connectivity index (χ2v) is 10.8. The number of benzene rings is 1. The summed E-state index contributed by atoms with van der Waals surface area (Å²) in [7, 11) is -11.0. The first-order chi connectivity index (χ1) is 13.0. The molecular formula is C19H23NNa4O6P2. The topological polar surface area (TPSA) is 131 Å². The first-order valence-electron chi connectivity index (χ1n) is 8.87. The van der Waals surface area contributed by atoms with Crippen LogP contribution in [0.1, 0.15) is 33.1 Å². The average Bonchev–Trinajstić information content (AvgIpc) is 2.95. The fourth-order valence-corrected chi connectivity index (χ4v) is 5.11. The van der Waals surface area contributed by atoms with Crippen LogP contribution in [0.3, 0.4) is 0 Å². The molecule has 0 unspecified atom stereocenters. The first kappa shape index (κ1) is 39.1. The molecule has 1 heterocycles. The van der Waals surface area contributed by atoms with Crippen molar-refractivity contribution >= 4 is 26.1 Å². The third-order valence-corrected chi connectivity index (χ3v) is 8.12. The molecule has 0 aliphatic heterocycles. The van der Waals surface area contributed by atoms with Gasteiger partial charge in [-0.1, -0.05) is 56.7 Å². The second kappa shape index (κ2) is 17.9. The van der Waals surface area contributed by atoms with Crippen molar-refractivity contribution < 1.29 is 147 Å². The van der Waals surface area contributed by atoms with Gasteiger partial charge in [0, 0.05) is 23.7 Å². The van der Waals surface area contributed by atoms with Crippen molar-refractivity contribution in [1.29, 1.82) is 0 Å². The van der Waals surface area contributed by atoms with E-state index in [2.05, 4.69) is 28.8 Å². The van der Waals surface area contributed by atoms with E-state index in [1.54, 1.807) is 6.92 Å². The smallest absolute Gasteiger partial charge is 0.810 e. The Hall–Kier alpha value is 2.54. The molecule has 13 heteroatoms. The Balaban J connectivity index is -0.00000210. The fourth-order valence-electron chi connectivity index (χ4n) is 3.00. The van der Waals surface area contributed by atoms with Gasteiger partial charge in [0.15, 0.2) is 0 Å². The molecule has 1 aromatic heterocycles. The quantitative estimate of drug-likeness (QED) is 0.185. The number of aromatic nitrogens is 1. The number of hydrogen-bond acceptors (Lipinski definition) is 6. The number of para-hydroxylation sites is 1. The maximum absolute atomic E-state index is 11.0. The van der Waals surface area contributed by atoms with Gasteiger partial charge in [0.05, 0.1) is 0 Å². The van der Waals surface area contributed by atoms with Gasteiger partial charge in [-0.3, -0.25) is 0 Å². The summed E-state index contributed by atoms with van der Waals surface area (Å²) >= 11 is 0. The maximum Gasteiger partial charge on any atom is 1.00 e. The predicted octanol–water partition coefficient (Wildman–Crippen LogP) is -10.1. The standard InChI is InChI=1S/C19H27NO6P2.4Na/c1-15(10-11-19(27(21,22)23)28(24,25)26)6-5-7-16(2)14-20-13-12-17-8-3-4-9-18(17)20;;;;/h3-4,7-10,12-13,19H,5-6,11,14H2,1-2H3,(H2,21,22,23)(H2,24,25,26);;;;/q;4*+1/p-4/b15-10+,16-7+;;;;. The Labute approximate surface area is 278 Å². The molecule has 154 valence electrons. The summed E-state index contributed by atoms with van der Waals surface area (Å²) in [6.07, 6.45) is 6.08. The van der Waals surface area contributed by atoms with Crippen LogP contribution in [-0.2, 0) is 15.7 Å². The molecule has 32 heavy (non-hydrogen) atoms. The van der Waals surface area contributed by atoms with E-state index in [1.807, 2.05) is 25.3 Å². The van der Waals surface area contributed by atoms with Gasteiger partial charge in [0.25, 0.3) is 0 Å². The summed E-state index contributed by atoms with van der Waals surface area (Å²) in [5.41, 5.74) is 3.03. The fraction of sp³-hybridized carbons (Fsp3) is 0.368. The molecule has 0 radical (unpaired) electrons. The summed E-state index contributed by atoms with van der Waals surface area (Å²) in [4.78, 5) is 44.0. The van der Waals surface area contributed by atoms with Gasteiger partial charge in [-0.15, -0.1) is 0 Å². The minimum Gasteiger partial charge on any atom is -0.810 e. The number of allylic oxidation sites excluding steroid dienone is 4. The van der Waals surface area contributed by atoms with Gasteiger partial charge < -0.3 is 33.3 Å². The van der Waals surface area contributed by atoms with Gasteiger partial charge in [-0.05, 0) is 50.6 Å². The number of nitrogens with zero attached hydrogens (tertiary/aromatic N) is 1. The van der Waals surface area contributed by atoms with Crippen molar-refractivity contribution in [2.75, 3.05) is 0 Å². The Bertz CT molecular complexity index is 961. The summed E-state index contributed by atoms with van der Waals surface area (Å²) in [5, 5.41) is -1.25. The molecule has 0 spiro atoms. The Morgan fingerprint density at radius 2 is 1.47 bits per heavy atom. The molecule has 0 N–H and O–H groups in total. The molecule has 0 bridgehead atoms. The minimum absolute atomic E-state index is 0. The largest absolute Gasteiger partial charge is 1.00 e. The van der Waals surface area contributed by atoms with Crippen LogP contribution in [0.25, 0.3) is 10.9 Å². The van der Waals surface area contributed by atoms with E-state index in [1.165, 1.54) is 11.5 Å². The van der Waals surface area contributed by atoms with Crippen LogP contribution in [0.15, 0.2) is 59.8 Å². The molecule has 2 rings (SSSR count). The normalized spacial score (nSPS) is 12.5. The molecule has 0 aliphatic rings. The zero-order chi connectivity index (χ0) is 20.9. The van der Waals surface area contributed by atoms with E-state index in [9.17, 15) is 28.7 Å². The average molecular weight is 515 g/mol. The monoisotopic (exact) mass is 515 g/mol. The van der Waals surface area contributed by atoms with Gasteiger partial charge in [-0.25, -0.2) is 0 Å². The van der Waals surface area contributed by atoms with Crippen LogP contribution in [0, 0.1) is 0 Å². The van der Waals surface area contributed by atoms with E-state index >= 15 is 0 Å². The Morgan fingerprint density at radius 3 is 2.03 bits per heavy atom. The summed E-state index contributed by atoms with van der Waals surface area (Å²) < 4.78 is 24.1. The van der Waals surface area contributed by atoms with Crippen molar-refractivity contribution in [3.05, 3.63) is 59.8 Å². The third kappa shape index (κ3) is 13.2. The van der Waals surface area contributed by atoms with Crippen LogP contribution in [0.4, 0.5) is 0 Å². The van der Waals surface area contributed by atoms with Crippen molar-refractivity contribution in [3.63, 3.8) is 0 Å². The van der Waals surface area contributed by atoms with Crippen molar-refractivity contribution in [1.82, 2.24) is 4.57 Å². The van der Waals surface area contributed by atoms with Gasteiger partial charge >= 0.3 is 118 Å². The minimum atomic E-state index is -5.50. The van der Waals surface area contributed by atoms with E-state index in [0.717, 1.165) is 23.2 Å². The Kier molecular flexibility index (Phi) is 21.9. The maximum atomic E-state index is 11.0. The molecule has 0 aliphatic carbocycles. The van der Waals surface area contributed by atoms with Gasteiger partial charge in [0.1, 0.15) is 0 Å². The summed E-state index contributed by atoms with van der Waals surface area (Å²) in [6.45, 7) is 4.46. The zero-order valence-corrected chi connectivity index (χ0v) is 29.6. The molecule has 2 aromatic rings. The molecule has 1 aromatic carbocycles. The number of fused-ring (bicyclic) bond motifs is 1. The molecule has 0 saturated heterocycles. The van der Waals surface area contributed by atoms with E-state index in [-0.39, 0.29) is 118 Å². The van der Waals surface area contributed by atoms with Crippen LogP contribution in [0.2, 0.25) is 0 Å². The molecule has 0 atom stereocenters. The summed E-state index contributed by atoms with van der Waals surface area (Å²) in [5.74, 6) is 0. The SMILES string of the molecule is C/C(=C\CC(P(=O)([O-])[O-])P(=O)([O-])[O-])CC/C=C(\C)Cn1ccc2ccccc21.[Na+].[Na+].[Na+].[Na+]. The third-order valence-electron chi connectivity index (χ3n) is 4.54. The van der Waals surface area contributed by atoms with Crippen LogP contribution >= 0.6 is 15.2 Å². The van der Waals surface area contributed by atoms with Gasteiger partial charge in [-0.2, -0.15) is 0 Å². The van der Waals surface area contributed by atoms with Crippen molar-refractivity contribution in [2.24, 2.45) is 0 Å². The predicted molar refractivity (Wildman–Crippen MR) is 102 cm³/mol. The van der Waals surface area contributed by atoms with Crippen LogP contribution < -0.4 is 138 Å².